The maximum Gasteiger partial charge on any atom is 0.0243 e. The van der Waals surface area contributed by atoms with Crippen molar-refractivity contribution in [2.24, 2.45) is 11.7 Å². The highest BCUT2D eigenvalue weighted by atomic mass is 32.2. The van der Waals surface area contributed by atoms with E-state index in [-0.39, 0.29) is 0 Å². The molecule has 1 aromatic rings. The molecule has 0 aliphatic carbocycles. The maximum absolute atomic E-state index is 5.83. The molecule has 0 radical (unpaired) electrons. The largest absolute Gasteiger partial charge is 0.329 e. The molecular weight excluding hydrogens is 202 g/mol. The first-order valence-corrected chi connectivity index (χ1v) is 6.49. The Bertz CT molecular complexity index is 298. The van der Waals surface area contributed by atoms with Crippen LogP contribution in [0, 0.1) is 12.8 Å². The second-order valence-electron chi connectivity index (χ2n) is 4.04. The van der Waals surface area contributed by atoms with E-state index in [0.717, 1.165) is 6.54 Å². The Kier molecular flexibility index (Phi) is 5.20. The predicted molar refractivity (Wildman–Crippen MR) is 69.3 cm³/mol. The van der Waals surface area contributed by atoms with Gasteiger partial charge in [-0.25, -0.2) is 0 Å². The van der Waals surface area contributed by atoms with E-state index in [1.807, 2.05) is 11.8 Å². The van der Waals surface area contributed by atoms with Gasteiger partial charge in [0.1, 0.15) is 0 Å². The fourth-order valence-corrected chi connectivity index (χ4v) is 2.77. The van der Waals surface area contributed by atoms with Crippen LogP contribution in [0.25, 0.3) is 0 Å². The van der Waals surface area contributed by atoms with Gasteiger partial charge in [0.05, 0.1) is 0 Å². The van der Waals surface area contributed by atoms with Crippen molar-refractivity contribution < 1.29 is 0 Å². The summed E-state index contributed by atoms with van der Waals surface area (Å²) in [5.74, 6) is 0.680. The number of nitrogens with two attached hydrogens (primary N) is 1. The van der Waals surface area contributed by atoms with Crippen molar-refractivity contribution >= 4 is 11.8 Å². The Morgan fingerprint density at radius 2 is 2.00 bits per heavy atom. The lowest BCUT2D eigenvalue weighted by Crippen LogP contribution is -2.23. The lowest BCUT2D eigenvalue weighted by Gasteiger charge is -2.21. The van der Waals surface area contributed by atoms with E-state index in [0.29, 0.717) is 11.2 Å². The molecule has 0 amide bonds. The summed E-state index contributed by atoms with van der Waals surface area (Å²) in [4.78, 5) is 1.37. The summed E-state index contributed by atoms with van der Waals surface area (Å²) in [5, 5.41) is 0.538. The van der Waals surface area contributed by atoms with Gasteiger partial charge in [-0.1, -0.05) is 38.5 Å². The van der Waals surface area contributed by atoms with E-state index in [2.05, 4.69) is 45.0 Å². The molecule has 1 aromatic carbocycles. The van der Waals surface area contributed by atoms with Crippen LogP contribution in [0.15, 0.2) is 29.2 Å². The van der Waals surface area contributed by atoms with Crippen molar-refractivity contribution in [2.45, 2.75) is 37.3 Å². The molecule has 0 saturated carbocycles. The van der Waals surface area contributed by atoms with Crippen molar-refractivity contribution in [3.8, 4) is 0 Å². The summed E-state index contributed by atoms with van der Waals surface area (Å²) in [6, 6.07) is 8.52. The quantitative estimate of drug-likeness (QED) is 0.774. The van der Waals surface area contributed by atoms with Crippen molar-refractivity contribution in [3.05, 3.63) is 29.8 Å². The van der Waals surface area contributed by atoms with Crippen LogP contribution in [-0.4, -0.2) is 11.8 Å². The summed E-state index contributed by atoms with van der Waals surface area (Å²) in [7, 11) is 0. The van der Waals surface area contributed by atoms with Crippen LogP contribution in [0.5, 0.6) is 0 Å². The summed E-state index contributed by atoms with van der Waals surface area (Å²) in [6.07, 6.45) is 1.20. The number of hydrogen-bond donors (Lipinski definition) is 1. The number of thioether (sulfide) groups is 1. The summed E-state index contributed by atoms with van der Waals surface area (Å²) in [5.41, 5.74) is 7.18. The van der Waals surface area contributed by atoms with Crippen LogP contribution in [0.1, 0.15) is 25.8 Å². The van der Waals surface area contributed by atoms with Crippen LogP contribution < -0.4 is 5.73 Å². The zero-order valence-corrected chi connectivity index (χ0v) is 10.7. The van der Waals surface area contributed by atoms with Crippen LogP contribution in [-0.2, 0) is 0 Å². The minimum Gasteiger partial charge on any atom is -0.329 e. The molecule has 0 spiro atoms. The lowest BCUT2D eigenvalue weighted by atomic mass is 10.1. The standard InChI is InChI=1S/C13H21NS/c1-4-10(2)13(9-14)15-12-8-6-5-7-11(12)3/h5-8,10,13H,4,9,14H2,1-3H3. The average Bonchev–Trinajstić information content (AvgIpc) is 2.27. The van der Waals surface area contributed by atoms with E-state index in [9.17, 15) is 0 Å². The van der Waals surface area contributed by atoms with E-state index in [1.54, 1.807) is 0 Å². The van der Waals surface area contributed by atoms with Gasteiger partial charge in [-0.3, -0.25) is 0 Å². The second kappa shape index (κ2) is 6.19. The maximum atomic E-state index is 5.83. The fourth-order valence-electron chi connectivity index (χ4n) is 1.51. The third-order valence-corrected chi connectivity index (χ3v) is 4.55. The Balaban J connectivity index is 2.71. The van der Waals surface area contributed by atoms with Gasteiger partial charge in [0.15, 0.2) is 0 Å². The van der Waals surface area contributed by atoms with E-state index in [4.69, 9.17) is 5.73 Å². The van der Waals surface area contributed by atoms with Crippen molar-refractivity contribution in [2.75, 3.05) is 6.54 Å². The third kappa shape index (κ3) is 3.54. The molecule has 0 aliphatic rings. The van der Waals surface area contributed by atoms with Crippen molar-refractivity contribution in [1.29, 1.82) is 0 Å². The van der Waals surface area contributed by atoms with Gasteiger partial charge in [0.25, 0.3) is 0 Å². The van der Waals surface area contributed by atoms with Gasteiger partial charge in [-0.2, -0.15) is 0 Å². The number of benzene rings is 1. The number of aryl methyl sites for hydroxylation is 1. The van der Waals surface area contributed by atoms with Gasteiger partial charge in [-0.15, -0.1) is 11.8 Å². The first-order valence-electron chi connectivity index (χ1n) is 5.61. The average molecular weight is 223 g/mol. The SMILES string of the molecule is CCC(C)C(CN)Sc1ccccc1C. The highest BCUT2D eigenvalue weighted by Gasteiger charge is 2.15. The van der Waals surface area contributed by atoms with Crippen molar-refractivity contribution in [3.63, 3.8) is 0 Å². The predicted octanol–water partition coefficient (Wildman–Crippen LogP) is 3.46. The molecule has 0 aromatic heterocycles. The monoisotopic (exact) mass is 223 g/mol. The van der Waals surface area contributed by atoms with Gasteiger partial charge in [-0.05, 0) is 24.5 Å². The molecule has 0 aliphatic heterocycles. The first-order chi connectivity index (χ1) is 7.19. The van der Waals surface area contributed by atoms with Crippen LogP contribution in [0.4, 0.5) is 0 Å². The Morgan fingerprint density at radius 3 is 2.53 bits per heavy atom. The normalized spacial score (nSPS) is 14.9. The molecule has 0 fully saturated rings. The van der Waals surface area contributed by atoms with Crippen LogP contribution in [0.3, 0.4) is 0 Å². The number of rotatable bonds is 5. The molecule has 0 bridgehead atoms. The highest BCUT2D eigenvalue weighted by molar-refractivity contribution is 8.00. The smallest absolute Gasteiger partial charge is 0.0243 e. The second-order valence-corrected chi connectivity index (χ2v) is 5.32. The van der Waals surface area contributed by atoms with Gasteiger partial charge >= 0.3 is 0 Å². The van der Waals surface area contributed by atoms with Gasteiger partial charge < -0.3 is 5.73 Å². The molecule has 2 atom stereocenters. The molecule has 2 unspecified atom stereocenters. The van der Waals surface area contributed by atoms with Crippen molar-refractivity contribution in [1.82, 2.24) is 0 Å². The molecule has 1 nitrogen and oxygen atoms in total. The summed E-state index contributed by atoms with van der Waals surface area (Å²) < 4.78 is 0. The molecule has 0 heterocycles. The van der Waals surface area contributed by atoms with Gasteiger partial charge in [0.2, 0.25) is 0 Å². The van der Waals surface area contributed by atoms with Crippen LogP contribution >= 0.6 is 11.8 Å². The van der Waals surface area contributed by atoms with E-state index >= 15 is 0 Å². The molecule has 1 rings (SSSR count). The minimum absolute atomic E-state index is 0.538. The molecule has 15 heavy (non-hydrogen) atoms. The summed E-state index contributed by atoms with van der Waals surface area (Å²) >= 11 is 1.92. The Morgan fingerprint density at radius 1 is 1.33 bits per heavy atom. The molecule has 2 N–H and O–H groups in total. The van der Waals surface area contributed by atoms with E-state index in [1.165, 1.54) is 16.9 Å². The highest BCUT2D eigenvalue weighted by Crippen LogP contribution is 2.30. The zero-order chi connectivity index (χ0) is 11.3. The number of hydrogen-bond acceptors (Lipinski definition) is 2. The summed E-state index contributed by atoms with van der Waals surface area (Å²) in [6.45, 7) is 7.43. The Labute approximate surface area is 97.4 Å². The topological polar surface area (TPSA) is 26.0 Å². The van der Waals surface area contributed by atoms with E-state index < -0.39 is 0 Å². The first kappa shape index (κ1) is 12.6. The van der Waals surface area contributed by atoms with Gasteiger partial charge in [0, 0.05) is 16.7 Å². The third-order valence-electron chi connectivity index (χ3n) is 2.88. The van der Waals surface area contributed by atoms with Crippen LogP contribution in [0.2, 0.25) is 0 Å². The Hall–Kier alpha value is -0.470. The minimum atomic E-state index is 0.538. The fraction of sp³-hybridized carbons (Fsp3) is 0.538. The molecule has 2 heteroatoms. The molecule has 84 valence electrons. The molecular formula is C13H21NS. The lowest BCUT2D eigenvalue weighted by molar-refractivity contribution is 0.538. The zero-order valence-electron chi connectivity index (χ0n) is 9.86. The molecule has 0 saturated heterocycles.